The summed E-state index contributed by atoms with van der Waals surface area (Å²) in [5.74, 6) is -0.906. The number of benzene rings is 1. The van der Waals surface area contributed by atoms with E-state index in [2.05, 4.69) is 0 Å². The predicted molar refractivity (Wildman–Crippen MR) is 51.9 cm³/mol. The fourth-order valence-corrected chi connectivity index (χ4v) is 1.07. The second-order valence-electron chi connectivity index (χ2n) is 2.97. The zero-order chi connectivity index (χ0) is 10.6. The lowest BCUT2D eigenvalue weighted by Gasteiger charge is -2.12. The van der Waals surface area contributed by atoms with Crippen LogP contribution in [0, 0.1) is 0 Å². The van der Waals surface area contributed by atoms with Gasteiger partial charge in [-0.1, -0.05) is 12.1 Å². The monoisotopic (exact) mass is 195 g/mol. The molecule has 14 heavy (non-hydrogen) atoms. The van der Waals surface area contributed by atoms with Crippen molar-refractivity contribution in [3.05, 3.63) is 35.4 Å². The van der Waals surface area contributed by atoms with Crippen LogP contribution in [0.3, 0.4) is 0 Å². The maximum Gasteiger partial charge on any atom is 0.335 e. The Kier molecular flexibility index (Phi) is 3.62. The number of rotatable bonds is 4. The molecular formula is C10H13NO3. The van der Waals surface area contributed by atoms with Gasteiger partial charge in [-0.2, -0.15) is 5.06 Å². The van der Waals surface area contributed by atoms with Gasteiger partial charge in [0.25, 0.3) is 0 Å². The van der Waals surface area contributed by atoms with Gasteiger partial charge in [-0.25, -0.2) is 4.79 Å². The molecular weight excluding hydrogens is 182 g/mol. The number of aromatic carboxylic acids is 1. The second kappa shape index (κ2) is 4.74. The quantitative estimate of drug-likeness (QED) is 0.737. The van der Waals surface area contributed by atoms with E-state index in [1.165, 1.54) is 0 Å². The normalized spacial score (nSPS) is 10.5. The van der Waals surface area contributed by atoms with Crippen LogP contribution >= 0.6 is 0 Å². The zero-order valence-corrected chi connectivity index (χ0v) is 8.23. The summed E-state index contributed by atoms with van der Waals surface area (Å²) in [4.78, 5) is 15.5. The minimum atomic E-state index is -0.906. The summed E-state index contributed by atoms with van der Waals surface area (Å²) in [6.07, 6.45) is 0. The summed E-state index contributed by atoms with van der Waals surface area (Å²) in [5.41, 5.74) is 1.31. The molecule has 1 aromatic carbocycles. The maximum absolute atomic E-state index is 10.6. The molecule has 0 spiro atoms. The Morgan fingerprint density at radius 2 is 2.00 bits per heavy atom. The van der Waals surface area contributed by atoms with E-state index in [9.17, 15) is 4.79 Å². The van der Waals surface area contributed by atoms with Crippen molar-refractivity contribution in [3.63, 3.8) is 0 Å². The first-order valence-corrected chi connectivity index (χ1v) is 4.21. The van der Waals surface area contributed by atoms with E-state index in [0.29, 0.717) is 12.1 Å². The summed E-state index contributed by atoms with van der Waals surface area (Å²) in [7, 11) is 3.40. The van der Waals surface area contributed by atoms with Crippen LogP contribution in [0.2, 0.25) is 0 Å². The number of hydrogen-bond acceptors (Lipinski definition) is 3. The van der Waals surface area contributed by atoms with Gasteiger partial charge in [0.15, 0.2) is 0 Å². The third-order valence-corrected chi connectivity index (χ3v) is 1.92. The van der Waals surface area contributed by atoms with Gasteiger partial charge in [0.05, 0.1) is 12.7 Å². The van der Waals surface area contributed by atoms with E-state index < -0.39 is 5.97 Å². The molecule has 0 bridgehead atoms. The number of carbonyl (C=O) groups is 1. The summed E-state index contributed by atoms with van der Waals surface area (Å²) in [5, 5.41) is 10.3. The van der Waals surface area contributed by atoms with E-state index in [4.69, 9.17) is 9.94 Å². The van der Waals surface area contributed by atoms with Crippen molar-refractivity contribution >= 4 is 5.97 Å². The van der Waals surface area contributed by atoms with Crippen LogP contribution in [-0.2, 0) is 11.4 Å². The molecule has 0 fully saturated rings. The van der Waals surface area contributed by atoms with E-state index in [1.807, 2.05) is 7.05 Å². The van der Waals surface area contributed by atoms with E-state index in [1.54, 1.807) is 36.4 Å². The lowest BCUT2D eigenvalue weighted by atomic mass is 10.1. The maximum atomic E-state index is 10.6. The lowest BCUT2D eigenvalue weighted by Crippen LogP contribution is -2.15. The van der Waals surface area contributed by atoms with Gasteiger partial charge >= 0.3 is 5.97 Å². The molecule has 0 heterocycles. The largest absolute Gasteiger partial charge is 0.478 e. The molecule has 0 aliphatic carbocycles. The van der Waals surface area contributed by atoms with Gasteiger partial charge < -0.3 is 9.94 Å². The molecule has 1 N–H and O–H groups in total. The number of nitrogens with zero attached hydrogens (tertiary/aromatic N) is 1. The first-order valence-electron chi connectivity index (χ1n) is 4.21. The van der Waals surface area contributed by atoms with Crippen molar-refractivity contribution in [2.75, 3.05) is 14.2 Å². The lowest BCUT2D eigenvalue weighted by molar-refractivity contribution is -0.116. The Bertz CT molecular complexity index is 308. The third-order valence-electron chi connectivity index (χ3n) is 1.92. The standard InChI is InChI=1S/C10H13NO3/c1-11(14-2)7-8-3-5-9(6-4-8)10(12)13/h3-6H,7H2,1-2H3,(H,12,13). The van der Waals surface area contributed by atoms with Gasteiger partial charge in [0.2, 0.25) is 0 Å². The molecule has 0 atom stereocenters. The Labute approximate surface area is 82.7 Å². The molecule has 0 saturated carbocycles. The van der Waals surface area contributed by atoms with Gasteiger partial charge in [-0.3, -0.25) is 0 Å². The minimum absolute atomic E-state index is 0.300. The SMILES string of the molecule is CON(C)Cc1ccc(C(=O)O)cc1. The number of carboxylic acids is 1. The van der Waals surface area contributed by atoms with E-state index in [-0.39, 0.29) is 0 Å². The Balaban J connectivity index is 2.68. The molecule has 0 aliphatic rings. The minimum Gasteiger partial charge on any atom is -0.478 e. The Morgan fingerprint density at radius 1 is 1.43 bits per heavy atom. The molecule has 1 aromatic rings. The molecule has 0 aliphatic heterocycles. The Hall–Kier alpha value is -1.39. The van der Waals surface area contributed by atoms with Gasteiger partial charge in [0, 0.05) is 13.6 Å². The van der Waals surface area contributed by atoms with E-state index >= 15 is 0 Å². The summed E-state index contributed by atoms with van der Waals surface area (Å²) >= 11 is 0. The number of hydrogen-bond donors (Lipinski definition) is 1. The van der Waals surface area contributed by atoms with Crippen LogP contribution in [0.5, 0.6) is 0 Å². The fraction of sp³-hybridized carbons (Fsp3) is 0.300. The van der Waals surface area contributed by atoms with Gasteiger partial charge in [0.1, 0.15) is 0 Å². The first kappa shape index (κ1) is 10.7. The highest BCUT2D eigenvalue weighted by molar-refractivity contribution is 5.87. The molecule has 0 amide bonds. The smallest absolute Gasteiger partial charge is 0.335 e. The highest BCUT2D eigenvalue weighted by Crippen LogP contribution is 2.06. The zero-order valence-electron chi connectivity index (χ0n) is 8.23. The number of hydroxylamine groups is 2. The molecule has 0 unspecified atom stereocenters. The van der Waals surface area contributed by atoms with Gasteiger partial charge in [-0.05, 0) is 17.7 Å². The topological polar surface area (TPSA) is 49.8 Å². The summed E-state index contributed by atoms with van der Waals surface area (Å²) < 4.78 is 0. The van der Waals surface area contributed by atoms with Crippen molar-refractivity contribution in [1.29, 1.82) is 0 Å². The Morgan fingerprint density at radius 3 is 2.43 bits per heavy atom. The van der Waals surface area contributed by atoms with Crippen molar-refractivity contribution in [2.24, 2.45) is 0 Å². The molecule has 0 aromatic heterocycles. The molecule has 76 valence electrons. The van der Waals surface area contributed by atoms with Crippen molar-refractivity contribution in [2.45, 2.75) is 6.54 Å². The van der Waals surface area contributed by atoms with Crippen LogP contribution in [0.25, 0.3) is 0 Å². The van der Waals surface area contributed by atoms with Crippen LogP contribution in [-0.4, -0.2) is 30.3 Å². The van der Waals surface area contributed by atoms with Crippen molar-refractivity contribution in [3.8, 4) is 0 Å². The number of carboxylic acid groups (broad SMARTS) is 1. The van der Waals surface area contributed by atoms with Crippen LogP contribution < -0.4 is 0 Å². The van der Waals surface area contributed by atoms with Gasteiger partial charge in [-0.15, -0.1) is 0 Å². The van der Waals surface area contributed by atoms with Crippen LogP contribution in [0.4, 0.5) is 0 Å². The molecule has 1 rings (SSSR count). The summed E-state index contributed by atoms with van der Waals surface area (Å²) in [6, 6.07) is 6.72. The third kappa shape index (κ3) is 2.83. The van der Waals surface area contributed by atoms with Crippen molar-refractivity contribution < 1.29 is 14.7 Å². The highest BCUT2D eigenvalue weighted by atomic mass is 16.7. The summed E-state index contributed by atoms with van der Waals surface area (Å²) in [6.45, 7) is 0.635. The molecule has 4 nitrogen and oxygen atoms in total. The fourth-order valence-electron chi connectivity index (χ4n) is 1.07. The first-order chi connectivity index (χ1) is 6.63. The predicted octanol–water partition coefficient (Wildman–Crippen LogP) is 1.38. The molecule has 4 heteroatoms. The van der Waals surface area contributed by atoms with E-state index in [0.717, 1.165) is 5.56 Å². The van der Waals surface area contributed by atoms with Crippen molar-refractivity contribution in [1.82, 2.24) is 5.06 Å². The highest BCUT2D eigenvalue weighted by Gasteiger charge is 2.02. The average Bonchev–Trinajstić information content (AvgIpc) is 2.18. The molecule has 0 radical (unpaired) electrons. The van der Waals surface area contributed by atoms with Crippen LogP contribution in [0.15, 0.2) is 24.3 Å². The molecule has 0 saturated heterocycles. The second-order valence-corrected chi connectivity index (χ2v) is 2.97. The van der Waals surface area contributed by atoms with Crippen LogP contribution in [0.1, 0.15) is 15.9 Å². The average molecular weight is 195 g/mol.